The molecule has 0 atom stereocenters. The molecule has 0 spiro atoms. The molecule has 0 bridgehead atoms. The maximum atomic E-state index is 13.3. The maximum absolute atomic E-state index is 13.3. The number of amides is 1. The number of fused-ring (bicyclic) bond motifs is 1. The molecule has 0 saturated heterocycles. The summed E-state index contributed by atoms with van der Waals surface area (Å²) in [6.45, 7) is 0.600. The molecule has 4 rings (SSSR count). The summed E-state index contributed by atoms with van der Waals surface area (Å²) in [5.41, 5.74) is 2.22. The molecule has 0 aliphatic rings. The summed E-state index contributed by atoms with van der Waals surface area (Å²) in [6.07, 6.45) is 0.719. The zero-order valence-electron chi connectivity index (χ0n) is 21.6. The SMILES string of the molecule is COc1ccc(CCNC(=O)CCn2c(SCc3ccc([N+](=O)[O-])cc3)nc3ccccc3c2=O)cc1OC. The van der Waals surface area contributed by atoms with Gasteiger partial charge in [0.1, 0.15) is 0 Å². The summed E-state index contributed by atoms with van der Waals surface area (Å²) in [5, 5.41) is 14.8. The molecule has 0 fully saturated rings. The number of nitro benzene ring substituents is 1. The van der Waals surface area contributed by atoms with Crippen LogP contribution in [0.3, 0.4) is 0 Å². The fourth-order valence-electron chi connectivity index (χ4n) is 4.00. The number of hydrogen-bond acceptors (Lipinski definition) is 8. The van der Waals surface area contributed by atoms with Gasteiger partial charge in [-0.3, -0.25) is 24.3 Å². The molecule has 4 aromatic rings. The number of aromatic nitrogens is 2. The van der Waals surface area contributed by atoms with Gasteiger partial charge < -0.3 is 14.8 Å². The van der Waals surface area contributed by atoms with Crippen molar-refractivity contribution in [1.82, 2.24) is 14.9 Å². The van der Waals surface area contributed by atoms with E-state index in [0.717, 1.165) is 11.1 Å². The van der Waals surface area contributed by atoms with Crippen LogP contribution in [0.25, 0.3) is 10.9 Å². The van der Waals surface area contributed by atoms with Gasteiger partial charge in [0.05, 0.1) is 30.0 Å². The van der Waals surface area contributed by atoms with Crippen molar-refractivity contribution >= 4 is 34.3 Å². The van der Waals surface area contributed by atoms with Crippen LogP contribution in [0.5, 0.6) is 11.5 Å². The summed E-state index contributed by atoms with van der Waals surface area (Å²) in [6, 6.07) is 19.0. The molecule has 0 aliphatic heterocycles. The lowest BCUT2D eigenvalue weighted by atomic mass is 10.1. The Balaban J connectivity index is 1.42. The highest BCUT2D eigenvalue weighted by molar-refractivity contribution is 7.98. The third-order valence-electron chi connectivity index (χ3n) is 6.09. The quantitative estimate of drug-likeness (QED) is 0.120. The van der Waals surface area contributed by atoms with Gasteiger partial charge in [0, 0.05) is 37.4 Å². The number of nitrogens with zero attached hydrogens (tertiary/aromatic N) is 3. The Morgan fingerprint density at radius 2 is 1.74 bits per heavy atom. The van der Waals surface area contributed by atoms with E-state index in [9.17, 15) is 19.7 Å². The number of methoxy groups -OCH3 is 2. The third-order valence-corrected chi connectivity index (χ3v) is 7.14. The van der Waals surface area contributed by atoms with Crippen LogP contribution in [-0.4, -0.2) is 41.1 Å². The van der Waals surface area contributed by atoms with E-state index in [2.05, 4.69) is 10.3 Å². The number of thioether (sulfide) groups is 1. The predicted molar refractivity (Wildman–Crippen MR) is 150 cm³/mol. The lowest BCUT2D eigenvalue weighted by Gasteiger charge is -2.13. The van der Waals surface area contributed by atoms with Gasteiger partial charge in [-0.05, 0) is 41.8 Å². The van der Waals surface area contributed by atoms with Gasteiger partial charge in [0.25, 0.3) is 11.2 Å². The van der Waals surface area contributed by atoms with Crippen LogP contribution in [-0.2, 0) is 23.5 Å². The van der Waals surface area contributed by atoms with Crippen molar-refractivity contribution in [3.63, 3.8) is 0 Å². The van der Waals surface area contributed by atoms with Gasteiger partial charge in [0.2, 0.25) is 5.91 Å². The van der Waals surface area contributed by atoms with Crippen molar-refractivity contribution in [2.75, 3.05) is 20.8 Å². The van der Waals surface area contributed by atoms with Crippen molar-refractivity contribution < 1.29 is 19.2 Å². The smallest absolute Gasteiger partial charge is 0.269 e. The molecule has 10 nitrogen and oxygen atoms in total. The molecule has 39 heavy (non-hydrogen) atoms. The lowest BCUT2D eigenvalue weighted by molar-refractivity contribution is -0.384. The number of carbonyl (C=O) groups excluding carboxylic acids is 1. The first-order valence-electron chi connectivity index (χ1n) is 12.2. The highest BCUT2D eigenvalue weighted by Crippen LogP contribution is 2.27. The van der Waals surface area contributed by atoms with Gasteiger partial charge in [-0.2, -0.15) is 0 Å². The minimum atomic E-state index is -0.446. The Morgan fingerprint density at radius 3 is 2.46 bits per heavy atom. The topological polar surface area (TPSA) is 126 Å². The Bertz CT molecular complexity index is 1540. The van der Waals surface area contributed by atoms with Gasteiger partial charge >= 0.3 is 0 Å². The number of carbonyl (C=O) groups is 1. The number of nitrogens with one attached hydrogen (secondary N) is 1. The number of para-hydroxylation sites is 1. The molecule has 1 heterocycles. The fourth-order valence-corrected chi connectivity index (χ4v) is 4.98. The van der Waals surface area contributed by atoms with E-state index in [1.54, 1.807) is 44.6 Å². The molecule has 202 valence electrons. The van der Waals surface area contributed by atoms with E-state index in [-0.39, 0.29) is 30.1 Å². The normalized spacial score (nSPS) is 10.8. The van der Waals surface area contributed by atoms with Gasteiger partial charge in [0.15, 0.2) is 16.7 Å². The van der Waals surface area contributed by atoms with Crippen LogP contribution in [0.1, 0.15) is 17.5 Å². The summed E-state index contributed by atoms with van der Waals surface area (Å²) >= 11 is 1.34. The fraction of sp³-hybridized carbons (Fsp3) is 0.250. The van der Waals surface area contributed by atoms with Crippen LogP contribution >= 0.6 is 11.8 Å². The van der Waals surface area contributed by atoms with Crippen LogP contribution < -0.4 is 20.3 Å². The molecular formula is C28H28N4O6S. The molecular weight excluding hydrogens is 520 g/mol. The number of benzene rings is 3. The van der Waals surface area contributed by atoms with Crippen LogP contribution in [0, 0.1) is 10.1 Å². The van der Waals surface area contributed by atoms with Crippen LogP contribution in [0.4, 0.5) is 5.69 Å². The average molecular weight is 549 g/mol. The van der Waals surface area contributed by atoms with Crippen LogP contribution in [0.2, 0.25) is 0 Å². The summed E-state index contributed by atoms with van der Waals surface area (Å²) < 4.78 is 12.1. The number of non-ortho nitro benzene ring substituents is 1. The lowest BCUT2D eigenvalue weighted by Crippen LogP contribution is -2.30. The van der Waals surface area contributed by atoms with Crippen molar-refractivity contribution in [1.29, 1.82) is 0 Å². The average Bonchev–Trinajstić information content (AvgIpc) is 2.95. The molecule has 0 saturated carbocycles. The van der Waals surface area contributed by atoms with E-state index >= 15 is 0 Å². The number of ether oxygens (including phenoxy) is 2. The molecule has 1 N–H and O–H groups in total. The highest BCUT2D eigenvalue weighted by Gasteiger charge is 2.14. The molecule has 3 aromatic carbocycles. The molecule has 1 amide bonds. The summed E-state index contributed by atoms with van der Waals surface area (Å²) in [4.78, 5) is 41.1. The van der Waals surface area contributed by atoms with Crippen molar-refractivity contribution in [3.8, 4) is 11.5 Å². The number of nitro groups is 1. The minimum Gasteiger partial charge on any atom is -0.493 e. The molecule has 1 aromatic heterocycles. The zero-order valence-corrected chi connectivity index (χ0v) is 22.4. The zero-order chi connectivity index (χ0) is 27.8. The second-order valence-electron chi connectivity index (χ2n) is 8.62. The van der Waals surface area contributed by atoms with Gasteiger partial charge in [-0.1, -0.05) is 42.1 Å². The van der Waals surface area contributed by atoms with Crippen molar-refractivity contribution in [3.05, 3.63) is 98.3 Å². The highest BCUT2D eigenvalue weighted by atomic mass is 32.2. The molecule has 0 aliphatic carbocycles. The van der Waals surface area contributed by atoms with Gasteiger partial charge in [-0.15, -0.1) is 0 Å². The second kappa shape index (κ2) is 12.9. The first-order chi connectivity index (χ1) is 18.9. The Kier molecular flexibility index (Phi) is 9.16. The predicted octanol–water partition coefficient (Wildman–Crippen LogP) is 4.36. The molecule has 0 unspecified atom stereocenters. The maximum Gasteiger partial charge on any atom is 0.269 e. The van der Waals surface area contributed by atoms with E-state index in [1.807, 2.05) is 24.3 Å². The standard InChI is InChI=1S/C28H28N4O6S/c1-37-24-12-9-19(17-25(24)38-2)13-15-29-26(33)14-16-31-27(34)22-5-3-4-6-23(22)30-28(31)39-18-20-7-10-21(11-8-20)32(35)36/h3-12,17H,13-16,18H2,1-2H3,(H,29,33). The van der Waals surface area contributed by atoms with Crippen molar-refractivity contribution in [2.45, 2.75) is 30.3 Å². The van der Waals surface area contributed by atoms with E-state index in [1.165, 1.54) is 28.5 Å². The third kappa shape index (κ3) is 6.94. The molecule has 11 heteroatoms. The number of rotatable bonds is 12. The Morgan fingerprint density at radius 1 is 1.03 bits per heavy atom. The minimum absolute atomic E-state index is 0.0154. The first kappa shape index (κ1) is 27.6. The Hall–Kier alpha value is -4.38. The van der Waals surface area contributed by atoms with E-state index in [4.69, 9.17) is 9.47 Å². The van der Waals surface area contributed by atoms with Crippen LogP contribution in [0.15, 0.2) is 76.7 Å². The number of hydrogen-bond donors (Lipinski definition) is 1. The second-order valence-corrected chi connectivity index (χ2v) is 9.56. The van der Waals surface area contributed by atoms with Gasteiger partial charge in [-0.25, -0.2) is 4.98 Å². The van der Waals surface area contributed by atoms with Crippen molar-refractivity contribution in [2.24, 2.45) is 0 Å². The monoisotopic (exact) mass is 548 g/mol. The largest absolute Gasteiger partial charge is 0.493 e. The first-order valence-corrected chi connectivity index (χ1v) is 13.2. The Labute approximate surface area is 229 Å². The van der Waals surface area contributed by atoms with E-state index < -0.39 is 4.92 Å². The summed E-state index contributed by atoms with van der Waals surface area (Å²) in [7, 11) is 3.15. The summed E-state index contributed by atoms with van der Waals surface area (Å²) in [5.74, 6) is 1.55. The van der Waals surface area contributed by atoms with E-state index in [0.29, 0.717) is 46.3 Å². The molecule has 0 radical (unpaired) electrons.